The summed E-state index contributed by atoms with van der Waals surface area (Å²) in [6, 6.07) is 5.47. The van der Waals surface area contributed by atoms with Crippen LogP contribution in [0.25, 0.3) is 22.3 Å². The number of nitrogens with zero attached hydrogens (tertiary/aromatic N) is 3. The van der Waals surface area contributed by atoms with Gasteiger partial charge in [0.25, 0.3) is 0 Å². The molecule has 0 aliphatic heterocycles. The number of rotatable bonds is 4. The third-order valence-corrected chi connectivity index (χ3v) is 3.19. The fraction of sp³-hybridized carbons (Fsp3) is 0.143. The number of fused-ring (bicyclic) bond motifs is 1. The Kier molecular flexibility index (Phi) is 3.23. The van der Waals surface area contributed by atoms with Gasteiger partial charge >= 0.3 is 0 Å². The highest BCUT2D eigenvalue weighted by molar-refractivity contribution is 5.94. The molecule has 106 valence electrons. The number of ether oxygens (including phenoxy) is 1. The third-order valence-electron chi connectivity index (χ3n) is 3.19. The lowest BCUT2D eigenvalue weighted by Gasteiger charge is -2.08. The van der Waals surface area contributed by atoms with Crippen molar-refractivity contribution in [3.63, 3.8) is 0 Å². The van der Waals surface area contributed by atoms with Gasteiger partial charge in [0.1, 0.15) is 5.82 Å². The molecule has 3 aromatic heterocycles. The maximum absolute atomic E-state index is 10.5. The number of hydrogen-bond acceptors (Lipinski definition) is 5. The lowest BCUT2D eigenvalue weighted by atomic mass is 10.1. The Balaban J connectivity index is 2.20. The number of H-pyrrole nitrogens is 1. The predicted molar refractivity (Wildman–Crippen MR) is 78.1 cm³/mol. The van der Waals surface area contributed by atoms with Crippen molar-refractivity contribution in [2.45, 2.75) is 6.92 Å². The minimum Gasteiger partial charge on any atom is -0.480 e. The number of aromatic nitrogens is 4. The molecule has 0 aliphatic carbocycles. The number of nitrogens with one attached hydrogen (secondary N) is 2. The van der Waals surface area contributed by atoms with E-state index in [9.17, 15) is 4.79 Å². The van der Waals surface area contributed by atoms with E-state index < -0.39 is 0 Å². The van der Waals surface area contributed by atoms with Gasteiger partial charge in [0.15, 0.2) is 5.65 Å². The van der Waals surface area contributed by atoms with Crippen LogP contribution < -0.4 is 10.1 Å². The van der Waals surface area contributed by atoms with E-state index in [0.29, 0.717) is 23.8 Å². The van der Waals surface area contributed by atoms with E-state index in [1.54, 1.807) is 19.4 Å². The zero-order valence-electron chi connectivity index (χ0n) is 11.5. The Hall–Kier alpha value is -2.96. The van der Waals surface area contributed by atoms with Crippen molar-refractivity contribution < 1.29 is 9.53 Å². The molecule has 0 atom stereocenters. The van der Waals surface area contributed by atoms with Crippen molar-refractivity contribution in [3.8, 4) is 17.1 Å². The number of hydrogen-bond donors (Lipinski definition) is 2. The second-order valence-electron chi connectivity index (χ2n) is 4.44. The predicted octanol–water partition coefficient (Wildman–Crippen LogP) is 1.91. The molecule has 0 saturated heterocycles. The van der Waals surface area contributed by atoms with E-state index >= 15 is 0 Å². The molecule has 0 aromatic carbocycles. The van der Waals surface area contributed by atoms with E-state index in [1.165, 1.54) is 0 Å². The number of aromatic amines is 1. The Morgan fingerprint density at radius 3 is 2.95 bits per heavy atom. The maximum Gasteiger partial charge on any atom is 0.222 e. The van der Waals surface area contributed by atoms with Crippen LogP contribution in [0.3, 0.4) is 0 Å². The Bertz CT molecular complexity index is 812. The van der Waals surface area contributed by atoms with Crippen LogP contribution in [0.2, 0.25) is 0 Å². The van der Waals surface area contributed by atoms with Gasteiger partial charge in [-0.15, -0.1) is 0 Å². The summed E-state index contributed by atoms with van der Waals surface area (Å²) in [5.74, 6) is 0.973. The molecule has 0 radical (unpaired) electrons. The van der Waals surface area contributed by atoms with Crippen LogP contribution in [0.1, 0.15) is 5.56 Å². The minimum atomic E-state index is 0.449. The molecule has 0 bridgehead atoms. The number of pyridine rings is 2. The van der Waals surface area contributed by atoms with Gasteiger partial charge < -0.3 is 10.1 Å². The van der Waals surface area contributed by atoms with Crippen molar-refractivity contribution in [1.82, 2.24) is 20.2 Å². The summed E-state index contributed by atoms with van der Waals surface area (Å²) in [5, 5.41) is 10.5. The monoisotopic (exact) mass is 283 g/mol. The van der Waals surface area contributed by atoms with Crippen LogP contribution in [-0.4, -0.2) is 33.7 Å². The van der Waals surface area contributed by atoms with Gasteiger partial charge in [-0.2, -0.15) is 5.10 Å². The van der Waals surface area contributed by atoms with Crippen LogP contribution in [-0.2, 0) is 4.79 Å². The number of amides is 1. The van der Waals surface area contributed by atoms with E-state index in [1.807, 2.05) is 19.1 Å². The number of carbonyl (C=O) groups is 1. The zero-order chi connectivity index (χ0) is 14.8. The molecule has 3 rings (SSSR count). The van der Waals surface area contributed by atoms with Crippen molar-refractivity contribution in [2.75, 3.05) is 12.4 Å². The second kappa shape index (κ2) is 5.20. The average molecular weight is 283 g/mol. The molecule has 0 unspecified atom stereocenters. The first-order chi connectivity index (χ1) is 10.2. The Morgan fingerprint density at radius 1 is 1.33 bits per heavy atom. The zero-order valence-corrected chi connectivity index (χ0v) is 11.5. The van der Waals surface area contributed by atoms with Gasteiger partial charge in [-0.05, 0) is 30.7 Å². The molecule has 7 nitrogen and oxygen atoms in total. The molecule has 0 fully saturated rings. The van der Waals surface area contributed by atoms with E-state index in [2.05, 4.69) is 25.5 Å². The summed E-state index contributed by atoms with van der Waals surface area (Å²) in [6.07, 6.45) is 2.27. The fourth-order valence-electron chi connectivity index (χ4n) is 2.22. The summed E-state index contributed by atoms with van der Waals surface area (Å²) < 4.78 is 5.32. The number of carbonyl (C=O) groups excluding carboxylic acids is 1. The summed E-state index contributed by atoms with van der Waals surface area (Å²) in [4.78, 5) is 18.9. The lowest BCUT2D eigenvalue weighted by Crippen LogP contribution is -1.96. The van der Waals surface area contributed by atoms with Gasteiger partial charge in [0.2, 0.25) is 12.3 Å². The Morgan fingerprint density at radius 2 is 2.19 bits per heavy atom. The van der Waals surface area contributed by atoms with Gasteiger partial charge in [-0.1, -0.05) is 0 Å². The van der Waals surface area contributed by atoms with Crippen LogP contribution in [0.15, 0.2) is 24.4 Å². The highest BCUT2D eigenvalue weighted by Crippen LogP contribution is 2.34. The van der Waals surface area contributed by atoms with E-state index in [-0.39, 0.29) is 0 Å². The number of anilines is 1. The summed E-state index contributed by atoms with van der Waals surface area (Å²) in [6.45, 7) is 1.97. The first kappa shape index (κ1) is 13.0. The normalized spacial score (nSPS) is 10.6. The highest BCUT2D eigenvalue weighted by Gasteiger charge is 2.16. The largest absolute Gasteiger partial charge is 0.480 e. The van der Waals surface area contributed by atoms with Gasteiger partial charge in [0.05, 0.1) is 18.4 Å². The van der Waals surface area contributed by atoms with Crippen LogP contribution >= 0.6 is 0 Å². The molecule has 1 amide bonds. The summed E-state index contributed by atoms with van der Waals surface area (Å²) in [7, 11) is 1.58. The maximum atomic E-state index is 10.5. The van der Waals surface area contributed by atoms with Crippen molar-refractivity contribution in [3.05, 3.63) is 30.0 Å². The molecule has 0 saturated carbocycles. The van der Waals surface area contributed by atoms with Crippen LogP contribution in [0.5, 0.6) is 5.88 Å². The van der Waals surface area contributed by atoms with Gasteiger partial charge in [0, 0.05) is 11.6 Å². The Labute approximate surface area is 120 Å². The fourth-order valence-corrected chi connectivity index (χ4v) is 2.22. The first-order valence-electron chi connectivity index (χ1n) is 6.30. The van der Waals surface area contributed by atoms with Crippen molar-refractivity contribution in [1.29, 1.82) is 0 Å². The van der Waals surface area contributed by atoms with Crippen LogP contribution in [0, 0.1) is 6.92 Å². The van der Waals surface area contributed by atoms with Crippen molar-refractivity contribution in [2.24, 2.45) is 0 Å². The summed E-state index contributed by atoms with van der Waals surface area (Å²) >= 11 is 0. The number of methoxy groups -OCH3 is 1. The average Bonchev–Trinajstić information content (AvgIpc) is 2.90. The topological polar surface area (TPSA) is 92.8 Å². The third kappa shape index (κ3) is 2.18. The smallest absolute Gasteiger partial charge is 0.222 e. The standard InChI is InChI=1S/C14H13N5O2/c1-8-5-6-15-14(21-2)11(8)12-9-3-4-10(16-7-20)17-13(9)19-18-12/h3-7H,1-2H3,(H2,16,17,18,19,20). The molecule has 21 heavy (non-hydrogen) atoms. The molecule has 3 aromatic rings. The molecule has 7 heteroatoms. The summed E-state index contributed by atoms with van der Waals surface area (Å²) in [5.41, 5.74) is 3.17. The van der Waals surface area contributed by atoms with Gasteiger partial charge in [-0.25, -0.2) is 9.97 Å². The SMILES string of the molecule is COc1nccc(C)c1-c1[nH]nc2nc(NC=O)ccc12. The van der Waals surface area contributed by atoms with Gasteiger partial charge in [-0.3, -0.25) is 9.89 Å². The molecule has 3 heterocycles. The number of aryl methyl sites for hydroxylation is 1. The molecular weight excluding hydrogens is 270 g/mol. The quantitative estimate of drug-likeness (QED) is 0.713. The van der Waals surface area contributed by atoms with E-state index in [0.717, 1.165) is 22.2 Å². The second-order valence-corrected chi connectivity index (χ2v) is 4.44. The molecule has 0 aliphatic rings. The molecule has 2 N–H and O–H groups in total. The highest BCUT2D eigenvalue weighted by atomic mass is 16.5. The lowest BCUT2D eigenvalue weighted by molar-refractivity contribution is -0.105. The first-order valence-corrected chi connectivity index (χ1v) is 6.30. The molecule has 0 spiro atoms. The molecular formula is C14H13N5O2. The van der Waals surface area contributed by atoms with Crippen LogP contribution in [0.4, 0.5) is 5.82 Å². The minimum absolute atomic E-state index is 0.449. The van der Waals surface area contributed by atoms with E-state index in [4.69, 9.17) is 4.74 Å². The van der Waals surface area contributed by atoms with Crippen molar-refractivity contribution >= 4 is 23.3 Å².